The van der Waals surface area contributed by atoms with Crippen LogP contribution in [0.25, 0.3) is 0 Å². The summed E-state index contributed by atoms with van der Waals surface area (Å²) in [5.41, 5.74) is 2.55. The normalized spacial score (nSPS) is 21.0. The molecule has 5 heteroatoms. The van der Waals surface area contributed by atoms with Gasteiger partial charge in [0.15, 0.2) is 5.78 Å². The molecule has 0 spiro atoms. The number of aryl methyl sites for hydroxylation is 1. The molecule has 33 heavy (non-hydrogen) atoms. The number of esters is 1. The van der Waals surface area contributed by atoms with Crippen molar-refractivity contribution in [1.82, 2.24) is 4.90 Å². The van der Waals surface area contributed by atoms with Gasteiger partial charge in [-0.1, -0.05) is 30.3 Å². The first-order valence-electron chi connectivity index (χ1n) is 12.1. The van der Waals surface area contributed by atoms with Gasteiger partial charge in [0.2, 0.25) is 0 Å². The van der Waals surface area contributed by atoms with Gasteiger partial charge in [0.05, 0.1) is 0 Å². The third-order valence-corrected chi connectivity index (χ3v) is 6.53. The lowest BCUT2D eigenvalue weighted by atomic mass is 9.81. The topological polar surface area (TPSA) is 55.8 Å². The maximum absolute atomic E-state index is 13.2. The van der Waals surface area contributed by atoms with Gasteiger partial charge in [-0.15, -0.1) is 0 Å². The minimum absolute atomic E-state index is 0.00785. The van der Waals surface area contributed by atoms with Crippen LogP contribution in [0.2, 0.25) is 0 Å². The van der Waals surface area contributed by atoms with Crippen LogP contribution < -0.4 is 4.74 Å². The van der Waals surface area contributed by atoms with Crippen molar-refractivity contribution < 1.29 is 19.1 Å². The number of carbonyl (C=O) groups excluding carboxylic acids is 2. The Hall–Kier alpha value is -2.66. The van der Waals surface area contributed by atoms with Crippen molar-refractivity contribution >= 4 is 11.8 Å². The zero-order valence-corrected chi connectivity index (χ0v) is 20.0. The standard InChI is InChI=1S/C28H35NO4/c1-28(2,3)33-27(31)25-10-7-16-29(25)17-15-21-11-12-22-18-23(13-14-24(22)26(21)30)32-19-20-8-5-4-6-9-20/h4-6,8-9,13-14,18,21,25H,7,10-12,15-17,19H2,1-3H3. The van der Waals surface area contributed by atoms with E-state index in [1.54, 1.807) is 0 Å². The number of fused-ring (bicyclic) bond motifs is 1. The molecular formula is C28H35NO4. The number of hydrogen-bond donors (Lipinski definition) is 0. The van der Waals surface area contributed by atoms with Crippen LogP contribution >= 0.6 is 0 Å². The molecule has 0 saturated carbocycles. The summed E-state index contributed by atoms with van der Waals surface area (Å²) in [5.74, 6) is 0.900. The highest BCUT2D eigenvalue weighted by Gasteiger charge is 2.35. The van der Waals surface area contributed by atoms with Gasteiger partial charge in [-0.3, -0.25) is 14.5 Å². The first-order valence-corrected chi connectivity index (χ1v) is 12.1. The van der Waals surface area contributed by atoms with E-state index < -0.39 is 5.60 Å². The van der Waals surface area contributed by atoms with Crippen LogP contribution in [-0.4, -0.2) is 41.4 Å². The van der Waals surface area contributed by atoms with E-state index in [0.717, 1.165) is 67.6 Å². The molecule has 2 atom stereocenters. The second kappa shape index (κ2) is 10.1. The van der Waals surface area contributed by atoms with Gasteiger partial charge in [0.25, 0.3) is 0 Å². The fourth-order valence-corrected chi connectivity index (χ4v) is 4.86. The number of carbonyl (C=O) groups is 2. The SMILES string of the molecule is CC(C)(C)OC(=O)C1CCCN1CCC1CCc2cc(OCc3ccccc3)ccc2C1=O. The smallest absolute Gasteiger partial charge is 0.323 e. The van der Waals surface area contributed by atoms with Gasteiger partial charge >= 0.3 is 5.97 Å². The number of likely N-dealkylation sites (tertiary alicyclic amines) is 1. The molecular weight excluding hydrogens is 414 g/mol. The lowest BCUT2D eigenvalue weighted by Gasteiger charge is -2.29. The molecule has 2 unspecified atom stereocenters. The molecule has 5 nitrogen and oxygen atoms in total. The Labute approximate surface area is 197 Å². The fourth-order valence-electron chi connectivity index (χ4n) is 4.86. The number of nitrogens with zero attached hydrogens (tertiary/aromatic N) is 1. The van der Waals surface area contributed by atoms with Gasteiger partial charge in [0, 0.05) is 11.5 Å². The van der Waals surface area contributed by atoms with Crippen molar-refractivity contribution in [2.45, 2.75) is 71.1 Å². The average molecular weight is 450 g/mol. The summed E-state index contributed by atoms with van der Waals surface area (Å²) >= 11 is 0. The zero-order valence-electron chi connectivity index (χ0n) is 20.0. The molecule has 2 aromatic carbocycles. The number of ketones is 1. The van der Waals surface area contributed by atoms with Gasteiger partial charge in [0.1, 0.15) is 24.0 Å². The number of hydrogen-bond acceptors (Lipinski definition) is 5. The quantitative estimate of drug-likeness (QED) is 0.544. The third kappa shape index (κ3) is 6.02. The largest absolute Gasteiger partial charge is 0.489 e. The second-order valence-corrected chi connectivity index (χ2v) is 10.2. The van der Waals surface area contributed by atoms with E-state index in [1.165, 1.54) is 0 Å². The first kappa shape index (κ1) is 23.5. The van der Waals surface area contributed by atoms with Crippen molar-refractivity contribution in [3.63, 3.8) is 0 Å². The van der Waals surface area contributed by atoms with Crippen LogP contribution in [0.3, 0.4) is 0 Å². The van der Waals surface area contributed by atoms with Crippen LogP contribution in [0.15, 0.2) is 48.5 Å². The highest BCUT2D eigenvalue weighted by atomic mass is 16.6. The summed E-state index contributed by atoms with van der Waals surface area (Å²) in [6, 6.07) is 15.7. The lowest BCUT2D eigenvalue weighted by Crippen LogP contribution is -2.41. The van der Waals surface area contributed by atoms with E-state index in [4.69, 9.17) is 9.47 Å². The molecule has 0 N–H and O–H groups in total. The summed E-state index contributed by atoms with van der Waals surface area (Å²) in [5, 5.41) is 0. The van der Waals surface area contributed by atoms with E-state index in [2.05, 4.69) is 4.90 Å². The molecule has 4 rings (SSSR count). The summed E-state index contributed by atoms with van der Waals surface area (Å²) in [6.45, 7) is 7.88. The van der Waals surface area contributed by atoms with Crippen LogP contribution in [0.4, 0.5) is 0 Å². The third-order valence-electron chi connectivity index (χ3n) is 6.53. The molecule has 1 aliphatic carbocycles. The van der Waals surface area contributed by atoms with E-state index in [-0.39, 0.29) is 23.7 Å². The van der Waals surface area contributed by atoms with E-state index in [1.807, 2.05) is 69.3 Å². The lowest BCUT2D eigenvalue weighted by molar-refractivity contribution is -0.160. The number of rotatable bonds is 7. The Kier molecular flexibility index (Phi) is 7.18. The van der Waals surface area contributed by atoms with Gasteiger partial charge in [-0.05, 0) is 95.3 Å². The highest BCUT2D eigenvalue weighted by molar-refractivity contribution is 6.00. The molecule has 176 valence electrons. The highest BCUT2D eigenvalue weighted by Crippen LogP contribution is 2.31. The molecule has 2 aliphatic rings. The second-order valence-electron chi connectivity index (χ2n) is 10.2. The fraction of sp³-hybridized carbons (Fsp3) is 0.500. The van der Waals surface area contributed by atoms with Crippen molar-refractivity contribution in [2.75, 3.05) is 13.1 Å². The summed E-state index contributed by atoms with van der Waals surface area (Å²) in [7, 11) is 0. The first-order chi connectivity index (χ1) is 15.8. The zero-order chi connectivity index (χ0) is 23.4. The molecule has 1 heterocycles. The van der Waals surface area contributed by atoms with Gasteiger partial charge < -0.3 is 9.47 Å². The minimum atomic E-state index is -0.474. The summed E-state index contributed by atoms with van der Waals surface area (Å²) in [4.78, 5) is 28.0. The Morgan fingerprint density at radius 3 is 2.64 bits per heavy atom. The van der Waals surface area contributed by atoms with Crippen LogP contribution in [0, 0.1) is 5.92 Å². The minimum Gasteiger partial charge on any atom is -0.489 e. The summed E-state index contributed by atoms with van der Waals surface area (Å²) < 4.78 is 11.6. The van der Waals surface area contributed by atoms with Crippen molar-refractivity contribution in [2.24, 2.45) is 5.92 Å². The molecule has 0 aromatic heterocycles. The van der Waals surface area contributed by atoms with Gasteiger partial charge in [-0.2, -0.15) is 0 Å². The van der Waals surface area contributed by atoms with E-state index in [0.29, 0.717) is 6.61 Å². The molecule has 0 bridgehead atoms. The molecule has 1 aliphatic heterocycles. The van der Waals surface area contributed by atoms with Gasteiger partial charge in [-0.25, -0.2) is 0 Å². The number of benzene rings is 2. The van der Waals surface area contributed by atoms with Crippen LogP contribution in [0.1, 0.15) is 67.9 Å². The summed E-state index contributed by atoms with van der Waals surface area (Å²) in [6.07, 6.45) is 4.34. The average Bonchev–Trinajstić information content (AvgIpc) is 3.26. The predicted molar refractivity (Wildman–Crippen MR) is 128 cm³/mol. The molecule has 2 aromatic rings. The van der Waals surface area contributed by atoms with Crippen molar-refractivity contribution in [1.29, 1.82) is 0 Å². The molecule has 1 saturated heterocycles. The Balaban J connectivity index is 1.33. The number of ether oxygens (including phenoxy) is 2. The van der Waals surface area contributed by atoms with E-state index >= 15 is 0 Å². The maximum Gasteiger partial charge on any atom is 0.323 e. The Morgan fingerprint density at radius 1 is 1.09 bits per heavy atom. The molecule has 1 fully saturated rings. The molecule has 0 amide bonds. The van der Waals surface area contributed by atoms with Crippen LogP contribution in [0.5, 0.6) is 5.75 Å². The van der Waals surface area contributed by atoms with Crippen LogP contribution in [-0.2, 0) is 22.6 Å². The Morgan fingerprint density at radius 2 is 1.88 bits per heavy atom. The van der Waals surface area contributed by atoms with Crippen molar-refractivity contribution in [3.05, 3.63) is 65.2 Å². The number of Topliss-reactive ketones (excluding diaryl/α,β-unsaturated/α-hetero) is 1. The predicted octanol–water partition coefficient (Wildman–Crippen LogP) is 5.21. The monoisotopic (exact) mass is 449 g/mol. The van der Waals surface area contributed by atoms with Crippen molar-refractivity contribution in [3.8, 4) is 5.75 Å². The maximum atomic E-state index is 13.2. The van der Waals surface area contributed by atoms with E-state index in [9.17, 15) is 9.59 Å². The Bertz CT molecular complexity index is 979. The molecule has 0 radical (unpaired) electrons.